The SMILES string of the molecule is CN1C(=O)N2C[C@H]1CCC2C(=O)CC1CCN(C(=O)OC(C)(C)C)CC1. The lowest BCUT2D eigenvalue weighted by Gasteiger charge is -2.35. The maximum atomic E-state index is 12.8. The molecule has 7 heteroatoms. The minimum absolute atomic E-state index is 0.00871. The summed E-state index contributed by atoms with van der Waals surface area (Å²) in [6.45, 7) is 7.53. The molecule has 0 aromatic rings. The number of piperidine rings is 2. The predicted molar refractivity (Wildman–Crippen MR) is 96.8 cm³/mol. The van der Waals surface area contributed by atoms with Crippen LogP contribution in [0.4, 0.5) is 9.59 Å². The first kappa shape index (κ1) is 19.0. The number of Topliss-reactive ketones (excluding diaryl/α,β-unsaturated/α-hetero) is 1. The molecule has 3 aliphatic heterocycles. The van der Waals surface area contributed by atoms with E-state index in [0.717, 1.165) is 25.7 Å². The van der Waals surface area contributed by atoms with E-state index in [1.165, 1.54) is 0 Å². The lowest BCUT2D eigenvalue weighted by Crippen LogP contribution is -2.46. The molecule has 3 amide bonds. The summed E-state index contributed by atoms with van der Waals surface area (Å²) in [5.74, 6) is 0.470. The number of ketones is 1. The van der Waals surface area contributed by atoms with Crippen LogP contribution in [0, 0.1) is 5.92 Å². The van der Waals surface area contributed by atoms with Crippen LogP contribution in [-0.2, 0) is 9.53 Å². The van der Waals surface area contributed by atoms with E-state index in [0.29, 0.717) is 26.1 Å². The van der Waals surface area contributed by atoms with Gasteiger partial charge in [-0.3, -0.25) is 4.79 Å². The van der Waals surface area contributed by atoms with Crippen molar-refractivity contribution in [1.29, 1.82) is 0 Å². The van der Waals surface area contributed by atoms with Crippen molar-refractivity contribution >= 4 is 17.9 Å². The first-order chi connectivity index (χ1) is 12.2. The van der Waals surface area contributed by atoms with Gasteiger partial charge in [-0.25, -0.2) is 9.59 Å². The van der Waals surface area contributed by atoms with Crippen molar-refractivity contribution in [3.05, 3.63) is 0 Å². The molecule has 2 atom stereocenters. The number of nitrogens with zero attached hydrogens (tertiary/aromatic N) is 3. The minimum atomic E-state index is -0.488. The summed E-state index contributed by atoms with van der Waals surface area (Å²) >= 11 is 0. The number of amides is 3. The Balaban J connectivity index is 1.48. The van der Waals surface area contributed by atoms with Crippen LogP contribution in [0.2, 0.25) is 0 Å². The zero-order valence-electron chi connectivity index (χ0n) is 16.4. The van der Waals surface area contributed by atoms with Gasteiger partial charge >= 0.3 is 12.1 Å². The van der Waals surface area contributed by atoms with Gasteiger partial charge in [-0.05, 0) is 52.4 Å². The van der Waals surface area contributed by atoms with Crippen molar-refractivity contribution in [2.75, 3.05) is 26.7 Å². The fourth-order valence-electron chi connectivity index (χ4n) is 4.24. The lowest BCUT2D eigenvalue weighted by molar-refractivity contribution is -0.125. The van der Waals surface area contributed by atoms with Crippen LogP contribution in [0.5, 0.6) is 0 Å². The second-order valence-electron chi connectivity index (χ2n) is 8.87. The number of hydrogen-bond acceptors (Lipinski definition) is 4. The van der Waals surface area contributed by atoms with Crippen molar-refractivity contribution in [2.45, 2.75) is 70.6 Å². The summed E-state index contributed by atoms with van der Waals surface area (Å²) in [5.41, 5.74) is -0.488. The minimum Gasteiger partial charge on any atom is -0.444 e. The zero-order chi connectivity index (χ0) is 19.1. The number of hydrogen-bond donors (Lipinski definition) is 0. The fraction of sp³-hybridized carbons (Fsp3) is 0.842. The molecule has 3 fully saturated rings. The Kier molecular flexibility index (Phi) is 5.17. The largest absolute Gasteiger partial charge is 0.444 e. The molecule has 2 bridgehead atoms. The molecule has 3 heterocycles. The Morgan fingerprint density at radius 1 is 1.12 bits per heavy atom. The van der Waals surface area contributed by atoms with E-state index >= 15 is 0 Å². The van der Waals surface area contributed by atoms with Gasteiger partial charge in [0.1, 0.15) is 5.60 Å². The molecule has 3 saturated heterocycles. The van der Waals surface area contributed by atoms with Crippen molar-refractivity contribution in [3.8, 4) is 0 Å². The second-order valence-corrected chi connectivity index (χ2v) is 8.87. The number of rotatable bonds is 3. The Labute approximate surface area is 155 Å². The van der Waals surface area contributed by atoms with Gasteiger partial charge in [0.15, 0.2) is 5.78 Å². The molecular formula is C19H31N3O4. The summed E-state index contributed by atoms with van der Waals surface area (Å²) in [6.07, 6.45) is 3.54. The smallest absolute Gasteiger partial charge is 0.410 e. The number of urea groups is 1. The van der Waals surface area contributed by atoms with Crippen LogP contribution >= 0.6 is 0 Å². The first-order valence-electron chi connectivity index (χ1n) is 9.70. The first-order valence-corrected chi connectivity index (χ1v) is 9.70. The van der Waals surface area contributed by atoms with Crippen LogP contribution in [0.1, 0.15) is 52.9 Å². The van der Waals surface area contributed by atoms with Crippen LogP contribution in [-0.4, -0.2) is 77.0 Å². The van der Waals surface area contributed by atoms with Crippen molar-refractivity contribution in [3.63, 3.8) is 0 Å². The number of likely N-dealkylation sites (N-methyl/N-ethyl adjacent to an activating group) is 1. The molecule has 0 aromatic carbocycles. The summed E-state index contributed by atoms with van der Waals surface area (Å²) in [6, 6.07) is 0.00166. The molecule has 3 rings (SSSR count). The molecule has 0 spiro atoms. The van der Waals surface area contributed by atoms with E-state index in [-0.39, 0.29) is 35.9 Å². The van der Waals surface area contributed by atoms with Gasteiger partial charge in [0, 0.05) is 33.1 Å². The van der Waals surface area contributed by atoms with Crippen LogP contribution in [0.3, 0.4) is 0 Å². The standard InChI is InChI=1S/C19H31N3O4/c1-19(2,3)26-18(25)21-9-7-13(8-10-21)11-16(23)15-6-5-14-12-22(15)17(24)20(14)4/h13-15H,5-12H2,1-4H3/t14-,15?/m1/s1. The highest BCUT2D eigenvalue weighted by atomic mass is 16.6. The molecule has 0 aromatic heterocycles. The topological polar surface area (TPSA) is 70.2 Å². The molecule has 7 nitrogen and oxygen atoms in total. The van der Waals surface area contributed by atoms with Crippen molar-refractivity contribution < 1.29 is 19.1 Å². The van der Waals surface area contributed by atoms with E-state index in [4.69, 9.17) is 4.74 Å². The van der Waals surface area contributed by atoms with Crippen molar-refractivity contribution in [2.24, 2.45) is 5.92 Å². The van der Waals surface area contributed by atoms with Gasteiger partial charge in [-0.15, -0.1) is 0 Å². The number of fused-ring (bicyclic) bond motifs is 2. The quantitative estimate of drug-likeness (QED) is 0.770. The monoisotopic (exact) mass is 365 g/mol. The average molecular weight is 365 g/mol. The third-order valence-corrected chi connectivity index (χ3v) is 5.78. The predicted octanol–water partition coefficient (Wildman–Crippen LogP) is 2.49. The third-order valence-electron chi connectivity index (χ3n) is 5.78. The molecule has 146 valence electrons. The third kappa shape index (κ3) is 3.96. The Bertz CT molecular complexity index is 578. The maximum Gasteiger partial charge on any atom is 0.410 e. The van der Waals surface area contributed by atoms with E-state index in [1.54, 1.807) is 14.7 Å². The fourth-order valence-corrected chi connectivity index (χ4v) is 4.24. The van der Waals surface area contributed by atoms with E-state index < -0.39 is 5.60 Å². The molecular weight excluding hydrogens is 334 g/mol. The summed E-state index contributed by atoms with van der Waals surface area (Å²) in [7, 11) is 1.83. The Morgan fingerprint density at radius 3 is 2.38 bits per heavy atom. The number of ether oxygens (including phenoxy) is 1. The highest BCUT2D eigenvalue weighted by Gasteiger charge is 2.45. The highest BCUT2D eigenvalue weighted by Crippen LogP contribution is 2.31. The van der Waals surface area contributed by atoms with Gasteiger partial charge in [0.2, 0.25) is 0 Å². The number of carbonyl (C=O) groups is 3. The number of carbonyl (C=O) groups excluding carboxylic acids is 3. The summed E-state index contributed by atoms with van der Waals surface area (Å²) < 4.78 is 5.42. The van der Waals surface area contributed by atoms with Gasteiger partial charge in [0.05, 0.1) is 12.1 Å². The molecule has 0 saturated carbocycles. The van der Waals surface area contributed by atoms with Gasteiger partial charge in [0.25, 0.3) is 0 Å². The van der Waals surface area contributed by atoms with Crippen LogP contribution in [0.15, 0.2) is 0 Å². The zero-order valence-corrected chi connectivity index (χ0v) is 16.4. The summed E-state index contributed by atoms with van der Waals surface area (Å²) in [5, 5.41) is 0. The maximum absolute atomic E-state index is 12.8. The highest BCUT2D eigenvalue weighted by molar-refractivity contribution is 5.90. The van der Waals surface area contributed by atoms with Crippen LogP contribution < -0.4 is 0 Å². The average Bonchev–Trinajstić information content (AvgIpc) is 2.78. The summed E-state index contributed by atoms with van der Waals surface area (Å²) in [4.78, 5) is 42.4. The van der Waals surface area contributed by atoms with Crippen molar-refractivity contribution in [1.82, 2.24) is 14.7 Å². The molecule has 0 N–H and O–H groups in total. The van der Waals surface area contributed by atoms with Gasteiger partial charge in [-0.1, -0.05) is 0 Å². The number of likely N-dealkylation sites (tertiary alicyclic amines) is 1. The molecule has 0 aliphatic carbocycles. The molecule has 26 heavy (non-hydrogen) atoms. The van der Waals surface area contributed by atoms with Crippen LogP contribution in [0.25, 0.3) is 0 Å². The van der Waals surface area contributed by atoms with Gasteiger partial charge < -0.3 is 19.4 Å². The van der Waals surface area contributed by atoms with E-state index in [9.17, 15) is 14.4 Å². The second kappa shape index (κ2) is 7.08. The van der Waals surface area contributed by atoms with E-state index in [2.05, 4.69) is 0 Å². The van der Waals surface area contributed by atoms with E-state index in [1.807, 2.05) is 27.8 Å². The molecule has 3 aliphatic rings. The van der Waals surface area contributed by atoms with Gasteiger partial charge in [-0.2, -0.15) is 0 Å². The normalized spacial score (nSPS) is 27.1. The molecule has 1 unspecified atom stereocenters. The Morgan fingerprint density at radius 2 is 1.77 bits per heavy atom. The Hall–Kier alpha value is -1.79. The lowest BCUT2D eigenvalue weighted by atomic mass is 9.87. The molecule has 0 radical (unpaired) electrons.